The van der Waals surface area contributed by atoms with Gasteiger partial charge in [-0.15, -0.1) is 0 Å². The molecule has 0 amide bonds. The number of carboxylic acids is 1. The van der Waals surface area contributed by atoms with E-state index in [0.717, 1.165) is 16.8 Å². The van der Waals surface area contributed by atoms with Crippen molar-refractivity contribution >= 4 is 29.3 Å². The molecular weight excluding hydrogens is 342 g/mol. The van der Waals surface area contributed by atoms with Gasteiger partial charge in [-0.25, -0.2) is 4.98 Å². The zero-order valence-corrected chi connectivity index (χ0v) is 15.1. The van der Waals surface area contributed by atoms with Crippen LogP contribution in [0.5, 0.6) is 0 Å². The summed E-state index contributed by atoms with van der Waals surface area (Å²) >= 11 is 6.24. The predicted octanol–water partition coefficient (Wildman–Crippen LogP) is 2.61. The van der Waals surface area contributed by atoms with Gasteiger partial charge in [0.2, 0.25) is 5.95 Å². The van der Waals surface area contributed by atoms with Crippen molar-refractivity contribution in [1.29, 1.82) is 0 Å². The van der Waals surface area contributed by atoms with Gasteiger partial charge in [-0.2, -0.15) is 4.98 Å². The lowest BCUT2D eigenvalue weighted by Crippen LogP contribution is -2.23. The Morgan fingerprint density at radius 3 is 2.76 bits per heavy atom. The Kier molecular flexibility index (Phi) is 4.51. The molecule has 0 aromatic carbocycles. The lowest BCUT2D eigenvalue weighted by Gasteiger charge is -2.21. The van der Waals surface area contributed by atoms with Crippen LogP contribution in [-0.4, -0.2) is 32.6 Å². The summed E-state index contributed by atoms with van der Waals surface area (Å²) in [5.74, 6) is -0.448. The topological polar surface area (TPSA) is 105 Å². The Labute approximate surface area is 150 Å². The molecule has 0 saturated carbocycles. The first-order valence-corrected chi connectivity index (χ1v) is 8.37. The number of aromatic nitrogens is 3. The molecule has 8 heteroatoms. The van der Waals surface area contributed by atoms with E-state index in [0.29, 0.717) is 24.5 Å². The van der Waals surface area contributed by atoms with Crippen molar-refractivity contribution in [3.8, 4) is 0 Å². The highest BCUT2D eigenvalue weighted by molar-refractivity contribution is 6.30. The van der Waals surface area contributed by atoms with Gasteiger partial charge < -0.3 is 15.7 Å². The fourth-order valence-corrected chi connectivity index (χ4v) is 3.57. The number of nitrogen functional groups attached to an aromatic ring is 1. The van der Waals surface area contributed by atoms with Gasteiger partial charge in [-0.1, -0.05) is 11.6 Å². The van der Waals surface area contributed by atoms with Crippen molar-refractivity contribution in [1.82, 2.24) is 15.0 Å². The van der Waals surface area contributed by atoms with E-state index in [-0.39, 0.29) is 23.4 Å². The molecule has 0 aliphatic carbocycles. The monoisotopic (exact) mass is 361 g/mol. The summed E-state index contributed by atoms with van der Waals surface area (Å²) in [6.45, 7) is 7.16. The smallest absolute Gasteiger partial charge is 0.304 e. The van der Waals surface area contributed by atoms with Crippen molar-refractivity contribution in [2.75, 3.05) is 17.2 Å². The number of nitrogens with zero attached hydrogens (tertiary/aromatic N) is 4. The number of aliphatic carboxylic acids is 1. The van der Waals surface area contributed by atoms with E-state index in [1.54, 1.807) is 0 Å². The van der Waals surface area contributed by atoms with E-state index >= 15 is 0 Å². The van der Waals surface area contributed by atoms with E-state index in [1.165, 1.54) is 5.56 Å². The number of aryl methyl sites for hydroxylation is 1. The number of hydrogen-bond acceptors (Lipinski definition) is 6. The largest absolute Gasteiger partial charge is 0.481 e. The Morgan fingerprint density at radius 1 is 1.36 bits per heavy atom. The summed E-state index contributed by atoms with van der Waals surface area (Å²) < 4.78 is 0. The number of anilines is 2. The molecule has 1 unspecified atom stereocenters. The van der Waals surface area contributed by atoms with Gasteiger partial charge in [0.15, 0.2) is 0 Å². The second-order valence-corrected chi connectivity index (χ2v) is 6.76. The summed E-state index contributed by atoms with van der Waals surface area (Å²) in [5, 5.41) is 9.42. The molecule has 3 rings (SSSR count). The highest BCUT2D eigenvalue weighted by atomic mass is 35.5. The summed E-state index contributed by atoms with van der Waals surface area (Å²) in [6.07, 6.45) is 1.83. The lowest BCUT2D eigenvalue weighted by molar-refractivity contribution is -0.137. The number of pyridine rings is 1. The molecule has 0 fully saturated rings. The van der Waals surface area contributed by atoms with Crippen molar-refractivity contribution in [3.05, 3.63) is 39.3 Å². The molecule has 2 aromatic heterocycles. The second kappa shape index (κ2) is 6.48. The minimum Gasteiger partial charge on any atom is -0.481 e. The Balaban J connectivity index is 1.99. The Morgan fingerprint density at radius 2 is 2.08 bits per heavy atom. The number of halogens is 1. The minimum atomic E-state index is -0.880. The molecule has 0 spiro atoms. The maximum atomic E-state index is 11.2. The van der Waals surface area contributed by atoms with Gasteiger partial charge in [0.1, 0.15) is 11.0 Å². The molecule has 0 bridgehead atoms. The molecule has 2 aromatic rings. The molecule has 3 N–H and O–H groups in total. The predicted molar refractivity (Wildman–Crippen MR) is 95.9 cm³/mol. The van der Waals surface area contributed by atoms with Crippen LogP contribution in [0.2, 0.25) is 5.15 Å². The normalized spacial score (nSPS) is 16.2. The third kappa shape index (κ3) is 3.24. The Bertz CT molecular complexity index is 855. The van der Waals surface area contributed by atoms with Crippen LogP contribution in [0, 0.1) is 20.8 Å². The molecule has 25 heavy (non-hydrogen) atoms. The quantitative estimate of drug-likeness (QED) is 0.806. The van der Waals surface area contributed by atoms with Gasteiger partial charge in [0.25, 0.3) is 0 Å². The summed E-state index contributed by atoms with van der Waals surface area (Å²) in [7, 11) is 0. The molecular formula is C17H20ClN5O2. The van der Waals surface area contributed by atoms with Gasteiger partial charge >= 0.3 is 5.97 Å². The van der Waals surface area contributed by atoms with E-state index in [1.807, 2.05) is 24.9 Å². The van der Waals surface area contributed by atoms with E-state index in [2.05, 4.69) is 21.9 Å². The highest BCUT2D eigenvalue weighted by Crippen LogP contribution is 2.41. The molecule has 7 nitrogen and oxygen atoms in total. The Hall–Kier alpha value is -2.41. The maximum absolute atomic E-state index is 11.2. The van der Waals surface area contributed by atoms with Crippen LogP contribution < -0.4 is 10.6 Å². The number of carboxylic acid groups (broad SMARTS) is 1. The van der Waals surface area contributed by atoms with Crippen LogP contribution in [0.3, 0.4) is 0 Å². The maximum Gasteiger partial charge on any atom is 0.304 e. The van der Waals surface area contributed by atoms with E-state index in [9.17, 15) is 9.90 Å². The van der Waals surface area contributed by atoms with Crippen LogP contribution in [0.1, 0.15) is 40.3 Å². The van der Waals surface area contributed by atoms with Crippen LogP contribution in [0.15, 0.2) is 6.20 Å². The molecule has 0 radical (unpaired) electrons. The number of nitrogens with two attached hydrogens (primary N) is 1. The van der Waals surface area contributed by atoms with Crippen molar-refractivity contribution in [3.63, 3.8) is 0 Å². The standard InChI is InChI=1S/C17H20ClN5O2/c1-8-9(2)12(5-20-10(8)3)7-23-6-11(4-13(24)25)14-15(18)21-17(19)22-16(14)23/h5,11H,4,6-7H2,1-3H3,(H,24,25)(H2,19,21,22). The van der Waals surface area contributed by atoms with Gasteiger partial charge in [0, 0.05) is 36.5 Å². The number of fused-ring (bicyclic) bond motifs is 1. The van der Waals surface area contributed by atoms with Crippen LogP contribution in [0.4, 0.5) is 11.8 Å². The summed E-state index contributed by atoms with van der Waals surface area (Å²) in [6, 6.07) is 0. The zero-order valence-electron chi connectivity index (χ0n) is 14.4. The average molecular weight is 362 g/mol. The molecule has 1 atom stereocenters. The number of hydrogen-bond donors (Lipinski definition) is 2. The molecule has 0 saturated heterocycles. The van der Waals surface area contributed by atoms with E-state index < -0.39 is 5.97 Å². The van der Waals surface area contributed by atoms with Crippen molar-refractivity contribution in [2.24, 2.45) is 0 Å². The van der Waals surface area contributed by atoms with Gasteiger partial charge in [-0.3, -0.25) is 9.78 Å². The third-order valence-electron chi connectivity index (χ3n) is 4.83. The fraction of sp³-hybridized carbons (Fsp3) is 0.412. The molecule has 1 aliphatic heterocycles. The SMILES string of the molecule is Cc1ncc(CN2CC(CC(=O)O)c3c(Cl)nc(N)nc32)c(C)c1C. The summed E-state index contributed by atoms with van der Waals surface area (Å²) in [5.41, 5.74) is 10.8. The van der Waals surface area contributed by atoms with Crippen LogP contribution >= 0.6 is 11.6 Å². The van der Waals surface area contributed by atoms with Crippen molar-refractivity contribution in [2.45, 2.75) is 39.7 Å². The van der Waals surface area contributed by atoms with Crippen LogP contribution in [-0.2, 0) is 11.3 Å². The van der Waals surface area contributed by atoms with Crippen LogP contribution in [0.25, 0.3) is 0 Å². The van der Waals surface area contributed by atoms with Crippen molar-refractivity contribution < 1.29 is 9.90 Å². The third-order valence-corrected chi connectivity index (χ3v) is 5.12. The molecule has 1 aliphatic rings. The first kappa shape index (κ1) is 17.4. The fourth-order valence-electron chi connectivity index (χ4n) is 3.25. The van der Waals surface area contributed by atoms with Gasteiger partial charge in [-0.05, 0) is 37.5 Å². The minimum absolute atomic E-state index is 0.0271. The first-order valence-electron chi connectivity index (χ1n) is 7.99. The summed E-state index contributed by atoms with van der Waals surface area (Å²) in [4.78, 5) is 26.0. The van der Waals surface area contributed by atoms with Gasteiger partial charge in [0.05, 0.1) is 6.42 Å². The highest BCUT2D eigenvalue weighted by Gasteiger charge is 2.35. The molecule has 132 valence electrons. The average Bonchev–Trinajstić information content (AvgIpc) is 2.85. The number of carbonyl (C=O) groups is 1. The lowest BCUT2D eigenvalue weighted by atomic mass is 10.0. The first-order chi connectivity index (χ1) is 11.8. The van der Waals surface area contributed by atoms with E-state index in [4.69, 9.17) is 17.3 Å². The molecule has 3 heterocycles. The number of rotatable bonds is 4. The second-order valence-electron chi connectivity index (χ2n) is 6.40. The zero-order chi connectivity index (χ0) is 18.3.